The Kier molecular flexibility index (Phi) is 4.87. The van der Waals surface area contributed by atoms with Gasteiger partial charge in [0.25, 0.3) is 0 Å². The standard InChI is InChI=1S/C7H14OS/c1-6(7(2)8)4-5-9-3/h6H,4-5H2,1-3H3/t6-/m1/s1. The number of thioether (sulfide) groups is 1. The summed E-state index contributed by atoms with van der Waals surface area (Å²) in [6.07, 6.45) is 3.09. The number of ketones is 1. The number of carbonyl (C=O) groups is 1. The van der Waals surface area contributed by atoms with Gasteiger partial charge in [0, 0.05) is 5.92 Å². The maximum atomic E-state index is 10.6. The minimum absolute atomic E-state index is 0.262. The molecule has 0 saturated heterocycles. The van der Waals surface area contributed by atoms with Gasteiger partial charge in [-0.1, -0.05) is 6.92 Å². The van der Waals surface area contributed by atoms with Crippen LogP contribution in [0, 0.1) is 5.92 Å². The highest BCUT2D eigenvalue weighted by Crippen LogP contribution is 2.06. The van der Waals surface area contributed by atoms with Gasteiger partial charge in [0.1, 0.15) is 5.78 Å². The summed E-state index contributed by atoms with van der Waals surface area (Å²) in [5, 5.41) is 0. The Hall–Kier alpha value is 0.0200. The molecule has 2 heteroatoms. The summed E-state index contributed by atoms with van der Waals surface area (Å²) >= 11 is 1.80. The minimum atomic E-state index is 0.262. The van der Waals surface area contributed by atoms with Crippen LogP contribution in [0.1, 0.15) is 20.3 Å². The van der Waals surface area contributed by atoms with Crippen molar-refractivity contribution >= 4 is 17.5 Å². The molecule has 1 nitrogen and oxygen atoms in total. The molecule has 0 N–H and O–H groups in total. The monoisotopic (exact) mass is 146 g/mol. The van der Waals surface area contributed by atoms with E-state index >= 15 is 0 Å². The first-order valence-electron chi connectivity index (χ1n) is 3.18. The summed E-state index contributed by atoms with van der Waals surface area (Å²) in [5.74, 6) is 1.67. The lowest BCUT2D eigenvalue weighted by Gasteiger charge is -2.03. The third kappa shape index (κ3) is 4.52. The van der Waals surface area contributed by atoms with E-state index in [-0.39, 0.29) is 5.92 Å². The largest absolute Gasteiger partial charge is 0.300 e. The van der Waals surface area contributed by atoms with Gasteiger partial charge in [0.2, 0.25) is 0 Å². The third-order valence-electron chi connectivity index (χ3n) is 1.45. The Labute approximate surface area is 61.2 Å². The zero-order valence-corrected chi connectivity index (χ0v) is 7.12. The van der Waals surface area contributed by atoms with Crippen molar-refractivity contribution in [3.8, 4) is 0 Å². The van der Waals surface area contributed by atoms with Gasteiger partial charge < -0.3 is 0 Å². The predicted molar refractivity (Wildman–Crippen MR) is 42.8 cm³/mol. The van der Waals surface area contributed by atoms with E-state index in [0.717, 1.165) is 12.2 Å². The van der Waals surface area contributed by atoms with Gasteiger partial charge in [0.05, 0.1) is 0 Å². The van der Waals surface area contributed by atoms with E-state index in [1.165, 1.54) is 0 Å². The Balaban J connectivity index is 3.27. The van der Waals surface area contributed by atoms with E-state index in [9.17, 15) is 4.79 Å². The zero-order chi connectivity index (χ0) is 7.28. The lowest BCUT2D eigenvalue weighted by molar-refractivity contribution is -0.120. The molecule has 54 valence electrons. The van der Waals surface area contributed by atoms with Crippen LogP contribution in [0.5, 0.6) is 0 Å². The van der Waals surface area contributed by atoms with Crippen LogP contribution in [0.25, 0.3) is 0 Å². The topological polar surface area (TPSA) is 17.1 Å². The molecule has 0 heterocycles. The molecule has 1 atom stereocenters. The van der Waals surface area contributed by atoms with Crippen LogP contribution in [-0.4, -0.2) is 17.8 Å². The predicted octanol–water partition coefficient (Wildman–Crippen LogP) is 1.96. The van der Waals surface area contributed by atoms with E-state index in [4.69, 9.17) is 0 Å². The van der Waals surface area contributed by atoms with Crippen LogP contribution in [0.2, 0.25) is 0 Å². The molecule has 0 radical (unpaired) electrons. The van der Waals surface area contributed by atoms with E-state index < -0.39 is 0 Å². The van der Waals surface area contributed by atoms with Gasteiger partial charge in [-0.25, -0.2) is 0 Å². The van der Waals surface area contributed by atoms with Crippen molar-refractivity contribution in [2.75, 3.05) is 12.0 Å². The fraction of sp³-hybridized carbons (Fsp3) is 0.857. The van der Waals surface area contributed by atoms with Crippen LogP contribution in [-0.2, 0) is 4.79 Å². The first-order chi connectivity index (χ1) is 4.18. The van der Waals surface area contributed by atoms with Crippen molar-refractivity contribution in [1.29, 1.82) is 0 Å². The van der Waals surface area contributed by atoms with Crippen molar-refractivity contribution in [3.05, 3.63) is 0 Å². The van der Waals surface area contributed by atoms with E-state index in [2.05, 4.69) is 6.26 Å². The van der Waals surface area contributed by atoms with Gasteiger partial charge in [0.15, 0.2) is 0 Å². The van der Waals surface area contributed by atoms with Gasteiger partial charge >= 0.3 is 0 Å². The molecular weight excluding hydrogens is 132 g/mol. The molecule has 0 aromatic rings. The van der Waals surface area contributed by atoms with Crippen LogP contribution >= 0.6 is 11.8 Å². The van der Waals surface area contributed by atoms with Gasteiger partial charge in [-0.3, -0.25) is 4.79 Å². The highest BCUT2D eigenvalue weighted by atomic mass is 32.2. The molecule has 0 aliphatic rings. The zero-order valence-electron chi connectivity index (χ0n) is 6.31. The van der Waals surface area contributed by atoms with Gasteiger partial charge in [-0.05, 0) is 25.4 Å². The Bertz CT molecular complexity index is 90.9. The number of hydrogen-bond acceptors (Lipinski definition) is 2. The molecule has 0 aromatic heterocycles. The first-order valence-corrected chi connectivity index (χ1v) is 4.57. The number of Topliss-reactive ketones (excluding diaryl/α,β-unsaturated/α-hetero) is 1. The van der Waals surface area contributed by atoms with Crippen LogP contribution in [0.15, 0.2) is 0 Å². The summed E-state index contributed by atoms with van der Waals surface area (Å²) in [5.41, 5.74) is 0. The molecule has 0 saturated carbocycles. The average molecular weight is 146 g/mol. The maximum Gasteiger partial charge on any atom is 0.132 e. The second-order valence-corrected chi connectivity index (χ2v) is 3.28. The van der Waals surface area contributed by atoms with Crippen molar-refractivity contribution in [3.63, 3.8) is 0 Å². The maximum absolute atomic E-state index is 10.6. The summed E-state index contributed by atoms with van der Waals surface area (Å²) in [4.78, 5) is 10.6. The number of hydrogen-bond donors (Lipinski definition) is 0. The van der Waals surface area contributed by atoms with Gasteiger partial charge in [-0.2, -0.15) is 11.8 Å². The lowest BCUT2D eigenvalue weighted by atomic mass is 10.1. The van der Waals surface area contributed by atoms with Crippen LogP contribution in [0.4, 0.5) is 0 Å². The summed E-state index contributed by atoms with van der Waals surface area (Å²) in [7, 11) is 0. The minimum Gasteiger partial charge on any atom is -0.300 e. The van der Waals surface area contributed by atoms with Crippen molar-refractivity contribution in [2.45, 2.75) is 20.3 Å². The highest BCUT2D eigenvalue weighted by Gasteiger charge is 2.04. The Morgan fingerprint density at radius 3 is 2.56 bits per heavy atom. The smallest absolute Gasteiger partial charge is 0.132 e. The second kappa shape index (κ2) is 4.86. The van der Waals surface area contributed by atoms with Crippen molar-refractivity contribution < 1.29 is 4.79 Å². The summed E-state index contributed by atoms with van der Waals surface area (Å²) in [6.45, 7) is 3.64. The Morgan fingerprint density at radius 1 is 1.67 bits per heavy atom. The molecule has 0 aromatic carbocycles. The number of rotatable bonds is 4. The van der Waals surface area contributed by atoms with Crippen molar-refractivity contribution in [1.82, 2.24) is 0 Å². The van der Waals surface area contributed by atoms with E-state index in [1.807, 2.05) is 6.92 Å². The SMILES string of the molecule is CSCC[C@@H](C)C(C)=O. The molecule has 0 amide bonds. The molecule has 9 heavy (non-hydrogen) atoms. The van der Waals surface area contributed by atoms with Crippen molar-refractivity contribution in [2.24, 2.45) is 5.92 Å². The molecule has 0 aliphatic carbocycles. The second-order valence-electron chi connectivity index (χ2n) is 2.29. The summed E-state index contributed by atoms with van der Waals surface area (Å²) in [6, 6.07) is 0. The average Bonchev–Trinajstić information content (AvgIpc) is 1.82. The fourth-order valence-electron chi connectivity index (χ4n) is 0.498. The van der Waals surface area contributed by atoms with E-state index in [1.54, 1.807) is 18.7 Å². The van der Waals surface area contributed by atoms with E-state index in [0.29, 0.717) is 5.78 Å². The number of carbonyl (C=O) groups excluding carboxylic acids is 1. The molecule has 0 fully saturated rings. The molecule has 0 aliphatic heterocycles. The molecule has 0 bridgehead atoms. The molecule has 0 spiro atoms. The highest BCUT2D eigenvalue weighted by molar-refractivity contribution is 7.98. The third-order valence-corrected chi connectivity index (χ3v) is 2.09. The molecule has 0 rings (SSSR count). The Morgan fingerprint density at radius 2 is 2.22 bits per heavy atom. The fourth-order valence-corrected chi connectivity index (χ4v) is 1.09. The molecule has 0 unspecified atom stereocenters. The molecular formula is C7H14OS. The van der Waals surface area contributed by atoms with Gasteiger partial charge in [-0.15, -0.1) is 0 Å². The quantitative estimate of drug-likeness (QED) is 0.603. The van der Waals surface area contributed by atoms with Crippen LogP contribution in [0.3, 0.4) is 0 Å². The lowest BCUT2D eigenvalue weighted by Crippen LogP contribution is -2.06. The summed E-state index contributed by atoms with van der Waals surface area (Å²) < 4.78 is 0. The normalized spacial score (nSPS) is 13.2. The first kappa shape index (κ1) is 9.02. The van der Waals surface area contributed by atoms with Crippen LogP contribution < -0.4 is 0 Å².